The van der Waals surface area contributed by atoms with Gasteiger partial charge in [0.05, 0.1) is 18.0 Å². The molecule has 0 saturated carbocycles. The highest BCUT2D eigenvalue weighted by atomic mass is 32.2. The number of fused-ring (bicyclic) bond motifs is 3. The predicted molar refractivity (Wildman–Crippen MR) is 124 cm³/mol. The Labute approximate surface area is 185 Å². The van der Waals surface area contributed by atoms with Crippen LogP contribution in [0.2, 0.25) is 0 Å². The van der Waals surface area contributed by atoms with Gasteiger partial charge in [0, 0.05) is 17.3 Å². The molecule has 7 nitrogen and oxygen atoms in total. The second kappa shape index (κ2) is 8.93. The number of nitrogens with zero attached hydrogens (tertiary/aromatic N) is 3. The number of amides is 2. The van der Waals surface area contributed by atoms with Gasteiger partial charge in [-0.05, 0) is 37.6 Å². The van der Waals surface area contributed by atoms with Gasteiger partial charge < -0.3 is 10.1 Å². The molecule has 2 amide bonds. The van der Waals surface area contributed by atoms with Crippen LogP contribution in [0.15, 0.2) is 58.5 Å². The molecule has 1 N–H and O–H groups in total. The third kappa shape index (κ3) is 4.20. The van der Waals surface area contributed by atoms with E-state index in [2.05, 4.69) is 5.32 Å². The number of thioether (sulfide) groups is 1. The van der Waals surface area contributed by atoms with Gasteiger partial charge in [0.15, 0.2) is 5.17 Å². The monoisotopic (exact) mass is 436 g/mol. The lowest BCUT2D eigenvalue weighted by Gasteiger charge is -2.26. The Bertz CT molecular complexity index is 1080. The topological polar surface area (TPSA) is 83.4 Å². The molecule has 4 rings (SSSR count). The Balaban J connectivity index is 1.57. The fourth-order valence-electron chi connectivity index (χ4n) is 3.50. The first kappa shape index (κ1) is 21.1. The lowest BCUT2D eigenvalue weighted by atomic mass is 10.1. The fourth-order valence-corrected chi connectivity index (χ4v) is 4.41. The zero-order valence-electron chi connectivity index (χ0n) is 17.7. The molecular weight excluding hydrogens is 412 g/mol. The molecule has 0 spiro atoms. The lowest BCUT2D eigenvalue weighted by Crippen LogP contribution is -2.42. The zero-order chi connectivity index (χ0) is 22.0. The van der Waals surface area contributed by atoms with E-state index in [4.69, 9.17) is 14.7 Å². The SMILES string of the molecule is CCCC1N=C2c3ccccc3N=C(SC(C)C(=O)Nc3cccc(OC)c3)N2C1=O. The Hall–Kier alpha value is -3.13. The minimum atomic E-state index is -0.477. The fraction of sp³-hybridized carbons (Fsp3) is 0.304. The number of hydrogen-bond donors (Lipinski definition) is 1. The first-order chi connectivity index (χ1) is 15.0. The van der Waals surface area contributed by atoms with Crippen LogP contribution in [-0.2, 0) is 9.59 Å². The molecule has 2 aromatic rings. The summed E-state index contributed by atoms with van der Waals surface area (Å²) in [6.07, 6.45) is 1.55. The van der Waals surface area contributed by atoms with E-state index in [1.807, 2.05) is 43.3 Å². The van der Waals surface area contributed by atoms with E-state index >= 15 is 0 Å². The minimum absolute atomic E-state index is 0.0852. The summed E-state index contributed by atoms with van der Waals surface area (Å²) in [6, 6.07) is 14.4. The number of rotatable bonds is 6. The summed E-state index contributed by atoms with van der Waals surface area (Å²) in [5.41, 5.74) is 2.24. The van der Waals surface area contributed by atoms with Crippen LogP contribution in [0.1, 0.15) is 32.3 Å². The van der Waals surface area contributed by atoms with Gasteiger partial charge in [-0.3, -0.25) is 14.6 Å². The molecular formula is C23H24N4O3S. The van der Waals surface area contributed by atoms with Crippen LogP contribution in [0.3, 0.4) is 0 Å². The number of nitrogens with one attached hydrogen (secondary N) is 1. The molecule has 8 heteroatoms. The Kier molecular flexibility index (Phi) is 6.08. The van der Waals surface area contributed by atoms with Crippen molar-refractivity contribution in [1.82, 2.24) is 4.90 Å². The maximum atomic E-state index is 13.1. The molecule has 31 heavy (non-hydrogen) atoms. The molecule has 2 aromatic carbocycles. The van der Waals surface area contributed by atoms with Gasteiger partial charge in [0.1, 0.15) is 17.6 Å². The van der Waals surface area contributed by atoms with Crippen LogP contribution < -0.4 is 10.1 Å². The standard InChI is InChI=1S/C23H24N4O3S/c1-4-8-19-22(29)27-20(25-19)17-11-5-6-12-18(17)26-23(27)31-14(2)21(28)24-15-9-7-10-16(13-15)30-3/h5-7,9-14,19H,4,8H2,1-3H3,(H,24,28). The predicted octanol–water partition coefficient (Wildman–Crippen LogP) is 4.21. The maximum Gasteiger partial charge on any atom is 0.259 e. The number of hydrogen-bond acceptors (Lipinski definition) is 6. The van der Waals surface area contributed by atoms with Crippen LogP contribution in [0, 0.1) is 0 Å². The van der Waals surface area contributed by atoms with Crippen molar-refractivity contribution in [2.24, 2.45) is 9.98 Å². The second-order valence-electron chi connectivity index (χ2n) is 7.32. The number of para-hydroxylation sites is 1. The van der Waals surface area contributed by atoms with Crippen molar-refractivity contribution in [3.63, 3.8) is 0 Å². The average molecular weight is 437 g/mol. The number of methoxy groups -OCH3 is 1. The largest absolute Gasteiger partial charge is 0.497 e. The smallest absolute Gasteiger partial charge is 0.259 e. The van der Waals surface area contributed by atoms with Gasteiger partial charge in [0.25, 0.3) is 5.91 Å². The van der Waals surface area contributed by atoms with Crippen molar-refractivity contribution in [3.8, 4) is 5.75 Å². The third-order valence-corrected chi connectivity index (χ3v) is 6.15. The van der Waals surface area contributed by atoms with Crippen LogP contribution in [0.5, 0.6) is 5.75 Å². The van der Waals surface area contributed by atoms with E-state index in [-0.39, 0.29) is 11.8 Å². The molecule has 2 atom stereocenters. The van der Waals surface area contributed by atoms with E-state index in [1.165, 1.54) is 11.8 Å². The van der Waals surface area contributed by atoms with Crippen molar-refractivity contribution in [2.75, 3.05) is 12.4 Å². The third-order valence-electron chi connectivity index (χ3n) is 5.10. The van der Waals surface area contributed by atoms with E-state index in [9.17, 15) is 9.59 Å². The molecule has 0 aromatic heterocycles. The number of ether oxygens (including phenoxy) is 1. The molecule has 0 saturated heterocycles. The van der Waals surface area contributed by atoms with Crippen molar-refractivity contribution < 1.29 is 14.3 Å². The van der Waals surface area contributed by atoms with Crippen LogP contribution in [0.25, 0.3) is 0 Å². The van der Waals surface area contributed by atoms with E-state index in [0.717, 1.165) is 17.7 Å². The molecule has 0 bridgehead atoms. The Morgan fingerprint density at radius 2 is 2.06 bits per heavy atom. The first-order valence-corrected chi connectivity index (χ1v) is 11.1. The van der Waals surface area contributed by atoms with Gasteiger partial charge in [0.2, 0.25) is 5.91 Å². The summed E-state index contributed by atoms with van der Waals surface area (Å²) in [5.74, 6) is 1.02. The zero-order valence-corrected chi connectivity index (χ0v) is 18.5. The molecule has 160 valence electrons. The number of benzene rings is 2. The van der Waals surface area contributed by atoms with Gasteiger partial charge in [-0.15, -0.1) is 0 Å². The average Bonchev–Trinajstić information content (AvgIpc) is 3.11. The quantitative estimate of drug-likeness (QED) is 0.735. The second-order valence-corrected chi connectivity index (χ2v) is 8.63. The minimum Gasteiger partial charge on any atom is -0.497 e. The highest BCUT2D eigenvalue weighted by Gasteiger charge is 2.41. The molecule has 0 radical (unpaired) electrons. The van der Waals surface area contributed by atoms with Crippen LogP contribution in [-0.4, -0.2) is 46.1 Å². The molecule has 2 aliphatic rings. The summed E-state index contributed by atoms with van der Waals surface area (Å²) in [7, 11) is 1.58. The number of amidine groups is 2. The van der Waals surface area contributed by atoms with E-state index in [1.54, 1.807) is 31.1 Å². The molecule has 2 aliphatic heterocycles. The lowest BCUT2D eigenvalue weighted by molar-refractivity contribution is -0.124. The number of anilines is 1. The summed E-state index contributed by atoms with van der Waals surface area (Å²) in [6.45, 7) is 3.83. The number of carbonyl (C=O) groups is 2. The Morgan fingerprint density at radius 3 is 2.84 bits per heavy atom. The van der Waals surface area contributed by atoms with Crippen molar-refractivity contribution >= 4 is 46.0 Å². The number of carbonyl (C=O) groups excluding carboxylic acids is 2. The van der Waals surface area contributed by atoms with Crippen molar-refractivity contribution in [3.05, 3.63) is 54.1 Å². The van der Waals surface area contributed by atoms with Crippen molar-refractivity contribution in [2.45, 2.75) is 38.0 Å². The normalized spacial score (nSPS) is 18.0. The van der Waals surface area contributed by atoms with Gasteiger partial charge in [-0.1, -0.05) is 43.3 Å². The summed E-state index contributed by atoms with van der Waals surface area (Å²) >= 11 is 1.25. The van der Waals surface area contributed by atoms with E-state index in [0.29, 0.717) is 28.9 Å². The molecule has 2 unspecified atom stereocenters. The number of aliphatic imine (C=N–C) groups is 2. The van der Waals surface area contributed by atoms with Gasteiger partial charge in [-0.25, -0.2) is 9.89 Å². The van der Waals surface area contributed by atoms with Gasteiger partial charge in [-0.2, -0.15) is 0 Å². The van der Waals surface area contributed by atoms with Gasteiger partial charge >= 0.3 is 0 Å². The summed E-state index contributed by atoms with van der Waals surface area (Å²) in [5, 5.41) is 2.90. The van der Waals surface area contributed by atoms with Crippen molar-refractivity contribution in [1.29, 1.82) is 0 Å². The molecule has 0 fully saturated rings. The van der Waals surface area contributed by atoms with Crippen LogP contribution >= 0.6 is 11.8 Å². The van der Waals surface area contributed by atoms with E-state index < -0.39 is 11.3 Å². The molecule has 2 heterocycles. The van der Waals surface area contributed by atoms with Crippen LogP contribution in [0.4, 0.5) is 11.4 Å². The first-order valence-electron chi connectivity index (χ1n) is 10.2. The summed E-state index contributed by atoms with van der Waals surface area (Å²) in [4.78, 5) is 36.8. The maximum absolute atomic E-state index is 13.1. The molecule has 0 aliphatic carbocycles. The highest BCUT2D eigenvalue weighted by molar-refractivity contribution is 8.15. The summed E-state index contributed by atoms with van der Waals surface area (Å²) < 4.78 is 5.21. The Morgan fingerprint density at radius 1 is 1.26 bits per heavy atom. The highest BCUT2D eigenvalue weighted by Crippen LogP contribution is 2.35.